The van der Waals surface area contributed by atoms with Gasteiger partial charge in [0.2, 0.25) is 0 Å². The first-order valence-electron chi connectivity index (χ1n) is 13.2. The van der Waals surface area contributed by atoms with Crippen molar-refractivity contribution in [2.24, 2.45) is 0 Å². The highest BCUT2D eigenvalue weighted by molar-refractivity contribution is 5.98. The highest BCUT2D eigenvalue weighted by atomic mass is 19.1. The maximum Gasteiger partial charge on any atom is 0.335 e. The third kappa shape index (κ3) is 4.18. The van der Waals surface area contributed by atoms with Crippen LogP contribution in [0.2, 0.25) is 0 Å². The molecular formula is C29H34FN3O3. The molecule has 1 aromatic heterocycles. The van der Waals surface area contributed by atoms with E-state index >= 15 is 0 Å². The van der Waals surface area contributed by atoms with Gasteiger partial charge in [-0.3, -0.25) is 4.90 Å². The summed E-state index contributed by atoms with van der Waals surface area (Å²) in [6.07, 6.45) is 5.80. The van der Waals surface area contributed by atoms with E-state index < -0.39 is 5.97 Å². The molecule has 6 rings (SSSR count). The standard InChI is InChI=1S/C29H34FN3O3/c1-31-11-13-32(14-12-31)22-17-33-25-15-20(29(34)35)7-9-23(25)27(19-5-3-2-4-6-19)28(33)24-16-21(30)8-10-26(24)36-18-22/h7-10,15-16,19,22H,2-6,11-14,17-18H2,1H3,(H,34,35). The normalized spacial score (nSPS) is 21.9. The van der Waals surface area contributed by atoms with E-state index in [9.17, 15) is 14.3 Å². The van der Waals surface area contributed by atoms with Gasteiger partial charge in [-0.15, -0.1) is 0 Å². The van der Waals surface area contributed by atoms with Crippen molar-refractivity contribution < 1.29 is 19.0 Å². The number of ether oxygens (including phenoxy) is 1. The lowest BCUT2D eigenvalue weighted by Gasteiger charge is -2.39. The van der Waals surface area contributed by atoms with E-state index in [0.29, 0.717) is 24.8 Å². The molecule has 190 valence electrons. The van der Waals surface area contributed by atoms with E-state index in [-0.39, 0.29) is 17.4 Å². The van der Waals surface area contributed by atoms with Crippen LogP contribution in [-0.4, -0.2) is 71.3 Å². The van der Waals surface area contributed by atoms with Crippen LogP contribution in [0.3, 0.4) is 0 Å². The largest absolute Gasteiger partial charge is 0.491 e. The van der Waals surface area contributed by atoms with E-state index in [1.165, 1.54) is 30.9 Å². The SMILES string of the molecule is CN1CCN(C2COc3ccc(F)cc3-c3c(C4CCCCC4)c4ccc(C(=O)O)cc4n3C2)CC1. The van der Waals surface area contributed by atoms with E-state index in [0.717, 1.165) is 61.2 Å². The van der Waals surface area contributed by atoms with Crippen molar-refractivity contribution in [3.63, 3.8) is 0 Å². The summed E-state index contributed by atoms with van der Waals surface area (Å²) in [7, 11) is 2.15. The van der Waals surface area contributed by atoms with Crippen LogP contribution in [0.4, 0.5) is 4.39 Å². The minimum atomic E-state index is -0.928. The van der Waals surface area contributed by atoms with Gasteiger partial charge < -0.3 is 19.3 Å². The summed E-state index contributed by atoms with van der Waals surface area (Å²) in [6, 6.07) is 10.5. The molecule has 36 heavy (non-hydrogen) atoms. The number of carbonyl (C=O) groups is 1. The first-order chi connectivity index (χ1) is 17.5. The Hall–Kier alpha value is -2.90. The zero-order valence-electron chi connectivity index (χ0n) is 20.9. The van der Waals surface area contributed by atoms with Crippen LogP contribution in [0.15, 0.2) is 36.4 Å². The fraction of sp³-hybridized carbons (Fsp3) is 0.483. The molecule has 0 radical (unpaired) electrons. The lowest BCUT2D eigenvalue weighted by molar-refractivity contribution is 0.0696. The Bertz CT molecular complexity index is 1290. The Kier molecular flexibility index (Phi) is 6.21. The van der Waals surface area contributed by atoms with Crippen LogP contribution in [0.5, 0.6) is 5.75 Å². The van der Waals surface area contributed by atoms with Gasteiger partial charge in [0, 0.05) is 49.2 Å². The molecule has 1 saturated heterocycles. The van der Waals surface area contributed by atoms with E-state index in [4.69, 9.17) is 4.74 Å². The molecule has 1 aliphatic carbocycles. The molecule has 1 saturated carbocycles. The monoisotopic (exact) mass is 491 g/mol. The number of carboxylic acid groups (broad SMARTS) is 1. The zero-order valence-corrected chi connectivity index (χ0v) is 20.9. The fourth-order valence-electron chi connectivity index (χ4n) is 6.46. The number of aromatic nitrogens is 1. The lowest BCUT2D eigenvalue weighted by Crippen LogP contribution is -2.52. The number of piperazine rings is 1. The molecule has 1 unspecified atom stereocenters. The minimum absolute atomic E-state index is 0.138. The second kappa shape index (κ2) is 9.52. The van der Waals surface area contributed by atoms with Crippen molar-refractivity contribution in [3.8, 4) is 17.0 Å². The number of rotatable bonds is 3. The predicted molar refractivity (Wildman–Crippen MR) is 138 cm³/mol. The molecule has 6 nitrogen and oxygen atoms in total. The third-order valence-corrected chi connectivity index (χ3v) is 8.44. The van der Waals surface area contributed by atoms with Crippen molar-refractivity contribution in [2.45, 2.75) is 50.6 Å². The Labute approximate surface area is 211 Å². The number of hydrogen-bond acceptors (Lipinski definition) is 4. The van der Waals surface area contributed by atoms with Crippen LogP contribution in [0.1, 0.15) is 53.9 Å². The molecule has 7 heteroatoms. The summed E-state index contributed by atoms with van der Waals surface area (Å²) in [6.45, 7) is 5.14. The number of halogens is 1. The summed E-state index contributed by atoms with van der Waals surface area (Å²) in [5.74, 6) is -0.144. The molecule has 3 aliphatic rings. The second-order valence-electron chi connectivity index (χ2n) is 10.7. The summed E-state index contributed by atoms with van der Waals surface area (Å²) >= 11 is 0. The molecule has 2 fully saturated rings. The van der Waals surface area contributed by atoms with Crippen LogP contribution in [0.25, 0.3) is 22.2 Å². The molecule has 0 amide bonds. The maximum absolute atomic E-state index is 14.7. The Balaban J connectivity index is 1.59. The number of aromatic carboxylic acids is 1. The maximum atomic E-state index is 14.7. The minimum Gasteiger partial charge on any atom is -0.491 e. The lowest BCUT2D eigenvalue weighted by atomic mass is 9.81. The van der Waals surface area contributed by atoms with E-state index in [1.54, 1.807) is 18.2 Å². The van der Waals surface area contributed by atoms with Gasteiger partial charge in [-0.2, -0.15) is 0 Å². The Morgan fingerprint density at radius 1 is 1.03 bits per heavy atom. The van der Waals surface area contributed by atoms with Gasteiger partial charge in [0.05, 0.1) is 17.3 Å². The topological polar surface area (TPSA) is 57.9 Å². The number of carboxylic acids is 1. The van der Waals surface area contributed by atoms with E-state index in [2.05, 4.69) is 21.4 Å². The van der Waals surface area contributed by atoms with Crippen molar-refractivity contribution in [1.82, 2.24) is 14.4 Å². The quantitative estimate of drug-likeness (QED) is 0.546. The van der Waals surface area contributed by atoms with Crippen LogP contribution in [0, 0.1) is 5.82 Å². The summed E-state index contributed by atoms with van der Waals surface area (Å²) in [5.41, 5.74) is 4.23. The van der Waals surface area contributed by atoms with E-state index in [1.807, 2.05) is 12.1 Å². The van der Waals surface area contributed by atoms with Crippen molar-refractivity contribution in [2.75, 3.05) is 39.8 Å². The highest BCUT2D eigenvalue weighted by Gasteiger charge is 2.33. The number of fused-ring (bicyclic) bond motifs is 5. The van der Waals surface area contributed by atoms with Gasteiger partial charge >= 0.3 is 5.97 Å². The molecule has 1 N–H and O–H groups in total. The number of likely N-dealkylation sites (N-methyl/N-ethyl adjacent to an activating group) is 1. The predicted octanol–water partition coefficient (Wildman–Crippen LogP) is 5.20. The number of hydrogen-bond donors (Lipinski definition) is 1. The molecule has 0 spiro atoms. The molecule has 1 atom stereocenters. The summed E-state index contributed by atoms with van der Waals surface area (Å²) in [5, 5.41) is 10.9. The first-order valence-corrected chi connectivity index (χ1v) is 13.2. The van der Waals surface area contributed by atoms with Crippen LogP contribution in [-0.2, 0) is 6.54 Å². The summed E-state index contributed by atoms with van der Waals surface area (Å²) in [4.78, 5) is 16.8. The van der Waals surface area contributed by atoms with Crippen LogP contribution < -0.4 is 4.74 Å². The Morgan fingerprint density at radius 2 is 1.81 bits per heavy atom. The zero-order chi connectivity index (χ0) is 24.8. The number of nitrogens with zero attached hydrogens (tertiary/aromatic N) is 3. The number of benzene rings is 2. The van der Waals surface area contributed by atoms with Gasteiger partial charge in [-0.05, 0) is 61.7 Å². The molecule has 2 aromatic carbocycles. The molecule has 3 aromatic rings. The highest BCUT2D eigenvalue weighted by Crippen LogP contribution is 2.47. The fourth-order valence-corrected chi connectivity index (χ4v) is 6.46. The van der Waals surface area contributed by atoms with Gasteiger partial charge in [-0.1, -0.05) is 25.3 Å². The van der Waals surface area contributed by atoms with Crippen molar-refractivity contribution in [3.05, 3.63) is 53.3 Å². The average molecular weight is 492 g/mol. The van der Waals surface area contributed by atoms with Gasteiger partial charge in [-0.25, -0.2) is 9.18 Å². The summed E-state index contributed by atoms with van der Waals surface area (Å²) < 4.78 is 23.4. The first kappa shape index (κ1) is 23.5. The molecule has 3 heterocycles. The smallest absolute Gasteiger partial charge is 0.335 e. The molecule has 2 aliphatic heterocycles. The molecule has 0 bridgehead atoms. The van der Waals surface area contributed by atoms with Gasteiger partial charge in [0.15, 0.2) is 0 Å². The second-order valence-corrected chi connectivity index (χ2v) is 10.7. The third-order valence-electron chi connectivity index (χ3n) is 8.44. The molecular weight excluding hydrogens is 457 g/mol. The Morgan fingerprint density at radius 3 is 2.56 bits per heavy atom. The van der Waals surface area contributed by atoms with Gasteiger partial charge in [0.1, 0.15) is 18.2 Å². The van der Waals surface area contributed by atoms with Gasteiger partial charge in [0.25, 0.3) is 0 Å². The van der Waals surface area contributed by atoms with Crippen molar-refractivity contribution >= 4 is 16.9 Å². The van der Waals surface area contributed by atoms with Crippen LogP contribution >= 0.6 is 0 Å². The van der Waals surface area contributed by atoms with Crippen molar-refractivity contribution in [1.29, 1.82) is 0 Å². The average Bonchev–Trinajstić information content (AvgIpc) is 3.19.